The van der Waals surface area contributed by atoms with Crippen LogP contribution in [0.25, 0.3) is 0 Å². The van der Waals surface area contributed by atoms with Crippen molar-refractivity contribution in [2.75, 3.05) is 0 Å². The Labute approximate surface area is 61.9 Å². The van der Waals surface area contributed by atoms with Gasteiger partial charge in [-0.05, 0) is 19.3 Å². The Morgan fingerprint density at radius 2 is 2.20 bits per heavy atom. The molecule has 2 unspecified atom stereocenters. The van der Waals surface area contributed by atoms with Gasteiger partial charge in [-0.15, -0.1) is 0 Å². The fourth-order valence-corrected chi connectivity index (χ4v) is 1.62. The maximum atomic E-state index is 9.70. The van der Waals surface area contributed by atoms with Crippen molar-refractivity contribution in [2.45, 2.75) is 50.7 Å². The molecule has 1 rings (SSSR count). The molecule has 2 heteroatoms. The first-order valence-electron chi connectivity index (χ1n) is 4.09. The highest BCUT2D eigenvalue weighted by Crippen LogP contribution is 2.30. The van der Waals surface area contributed by atoms with Gasteiger partial charge < -0.3 is 10.2 Å². The second-order valence-corrected chi connectivity index (χ2v) is 3.22. The molecule has 1 saturated carbocycles. The zero-order valence-corrected chi connectivity index (χ0v) is 6.51. The molecule has 0 aromatic carbocycles. The van der Waals surface area contributed by atoms with Crippen LogP contribution in [0.2, 0.25) is 0 Å². The molecule has 0 spiro atoms. The van der Waals surface area contributed by atoms with Crippen LogP contribution in [-0.4, -0.2) is 21.9 Å². The topological polar surface area (TPSA) is 40.5 Å². The quantitative estimate of drug-likeness (QED) is 0.577. The minimum absolute atomic E-state index is 0.480. The van der Waals surface area contributed by atoms with E-state index in [9.17, 15) is 10.2 Å². The van der Waals surface area contributed by atoms with Crippen molar-refractivity contribution in [3.63, 3.8) is 0 Å². The van der Waals surface area contributed by atoms with E-state index in [2.05, 4.69) is 0 Å². The van der Waals surface area contributed by atoms with Crippen LogP contribution < -0.4 is 0 Å². The van der Waals surface area contributed by atoms with E-state index < -0.39 is 11.7 Å². The van der Waals surface area contributed by atoms with Gasteiger partial charge in [0.15, 0.2) is 0 Å². The van der Waals surface area contributed by atoms with Crippen LogP contribution in [0.3, 0.4) is 0 Å². The van der Waals surface area contributed by atoms with Gasteiger partial charge in [0, 0.05) is 0 Å². The predicted molar refractivity (Wildman–Crippen MR) is 39.7 cm³/mol. The maximum absolute atomic E-state index is 9.70. The molecule has 1 aliphatic carbocycles. The molecule has 2 N–H and O–H groups in total. The highest BCUT2D eigenvalue weighted by Gasteiger charge is 2.35. The standard InChI is InChI=1S/C8H16O2/c1-2-8(10)6-4-3-5-7(8)9/h7,9-10H,2-6H2,1H3. The van der Waals surface area contributed by atoms with Crippen LogP contribution in [0, 0.1) is 0 Å². The average molecular weight is 144 g/mol. The molecule has 2 atom stereocenters. The third-order valence-corrected chi connectivity index (χ3v) is 2.57. The number of aliphatic hydroxyl groups excluding tert-OH is 1. The number of aliphatic hydroxyl groups is 2. The van der Waals surface area contributed by atoms with Crippen molar-refractivity contribution < 1.29 is 10.2 Å². The molecule has 0 saturated heterocycles. The summed E-state index contributed by atoms with van der Waals surface area (Å²) in [5, 5.41) is 19.1. The van der Waals surface area contributed by atoms with Gasteiger partial charge in [0.2, 0.25) is 0 Å². The highest BCUT2D eigenvalue weighted by atomic mass is 16.3. The molecule has 10 heavy (non-hydrogen) atoms. The smallest absolute Gasteiger partial charge is 0.0902 e. The molecule has 1 fully saturated rings. The Morgan fingerprint density at radius 1 is 1.50 bits per heavy atom. The van der Waals surface area contributed by atoms with E-state index >= 15 is 0 Å². The van der Waals surface area contributed by atoms with Gasteiger partial charge in [0.05, 0.1) is 11.7 Å². The van der Waals surface area contributed by atoms with Crippen molar-refractivity contribution in [3.8, 4) is 0 Å². The first-order chi connectivity index (χ1) is 4.69. The van der Waals surface area contributed by atoms with Crippen LogP contribution in [0.15, 0.2) is 0 Å². The highest BCUT2D eigenvalue weighted by molar-refractivity contribution is 4.88. The summed E-state index contributed by atoms with van der Waals surface area (Å²) in [7, 11) is 0. The fraction of sp³-hybridized carbons (Fsp3) is 1.00. The van der Waals surface area contributed by atoms with Gasteiger partial charge in [-0.2, -0.15) is 0 Å². The van der Waals surface area contributed by atoms with E-state index in [4.69, 9.17) is 0 Å². The molecule has 0 radical (unpaired) electrons. The lowest BCUT2D eigenvalue weighted by atomic mass is 9.80. The van der Waals surface area contributed by atoms with Crippen molar-refractivity contribution in [3.05, 3.63) is 0 Å². The SMILES string of the molecule is CCC1(O)CCCCC1O. The molecular weight excluding hydrogens is 128 g/mol. The zero-order chi connectivity index (χ0) is 7.61. The molecule has 0 aromatic heterocycles. The summed E-state index contributed by atoms with van der Waals surface area (Å²) >= 11 is 0. The van der Waals surface area contributed by atoms with Gasteiger partial charge >= 0.3 is 0 Å². The Balaban J connectivity index is 2.54. The summed E-state index contributed by atoms with van der Waals surface area (Å²) in [6, 6.07) is 0. The number of hydrogen-bond donors (Lipinski definition) is 2. The molecule has 0 aliphatic heterocycles. The monoisotopic (exact) mass is 144 g/mol. The van der Waals surface area contributed by atoms with Gasteiger partial charge in [0.25, 0.3) is 0 Å². The molecule has 0 amide bonds. The Hall–Kier alpha value is -0.0800. The zero-order valence-electron chi connectivity index (χ0n) is 6.51. The average Bonchev–Trinajstić information content (AvgIpc) is 1.96. The Bertz CT molecular complexity index is 114. The van der Waals surface area contributed by atoms with Crippen LogP contribution >= 0.6 is 0 Å². The van der Waals surface area contributed by atoms with Crippen molar-refractivity contribution in [2.24, 2.45) is 0 Å². The predicted octanol–water partition coefficient (Wildman–Crippen LogP) is 1.06. The molecule has 0 bridgehead atoms. The van der Waals surface area contributed by atoms with Gasteiger partial charge in [-0.25, -0.2) is 0 Å². The summed E-state index contributed by atoms with van der Waals surface area (Å²) in [6.45, 7) is 1.93. The number of hydrogen-bond acceptors (Lipinski definition) is 2. The summed E-state index contributed by atoms with van der Waals surface area (Å²) in [5.74, 6) is 0. The van der Waals surface area contributed by atoms with Crippen molar-refractivity contribution in [1.29, 1.82) is 0 Å². The first kappa shape index (κ1) is 8.02. The van der Waals surface area contributed by atoms with Gasteiger partial charge in [-0.3, -0.25) is 0 Å². The van der Waals surface area contributed by atoms with Crippen LogP contribution in [0.4, 0.5) is 0 Å². The van der Waals surface area contributed by atoms with Crippen LogP contribution in [0.1, 0.15) is 39.0 Å². The lowest BCUT2D eigenvalue weighted by Crippen LogP contribution is -2.44. The van der Waals surface area contributed by atoms with E-state index in [1.54, 1.807) is 0 Å². The van der Waals surface area contributed by atoms with Crippen LogP contribution in [-0.2, 0) is 0 Å². The van der Waals surface area contributed by atoms with E-state index in [1.807, 2.05) is 6.92 Å². The Kier molecular flexibility index (Phi) is 2.32. The minimum atomic E-state index is -0.766. The molecule has 0 aromatic rings. The van der Waals surface area contributed by atoms with Gasteiger partial charge in [0.1, 0.15) is 0 Å². The van der Waals surface area contributed by atoms with Crippen LogP contribution in [0.5, 0.6) is 0 Å². The second kappa shape index (κ2) is 2.89. The molecule has 1 aliphatic rings. The van der Waals surface area contributed by atoms with E-state index in [-0.39, 0.29) is 0 Å². The fourth-order valence-electron chi connectivity index (χ4n) is 1.62. The summed E-state index contributed by atoms with van der Waals surface area (Å²) in [5.41, 5.74) is -0.766. The van der Waals surface area contributed by atoms with Crippen molar-refractivity contribution in [1.82, 2.24) is 0 Å². The summed E-state index contributed by atoms with van der Waals surface area (Å²) in [4.78, 5) is 0. The van der Waals surface area contributed by atoms with Gasteiger partial charge in [-0.1, -0.05) is 19.8 Å². The molecule has 60 valence electrons. The lowest BCUT2D eigenvalue weighted by Gasteiger charge is -2.35. The van der Waals surface area contributed by atoms with E-state index in [0.29, 0.717) is 6.42 Å². The maximum Gasteiger partial charge on any atom is 0.0902 e. The molecule has 2 nitrogen and oxygen atoms in total. The third-order valence-electron chi connectivity index (χ3n) is 2.57. The van der Waals surface area contributed by atoms with E-state index in [1.165, 1.54) is 0 Å². The Morgan fingerprint density at radius 3 is 2.60 bits per heavy atom. The number of rotatable bonds is 1. The summed E-state index contributed by atoms with van der Waals surface area (Å²) < 4.78 is 0. The minimum Gasteiger partial charge on any atom is -0.390 e. The van der Waals surface area contributed by atoms with E-state index in [0.717, 1.165) is 25.7 Å². The molecular formula is C8H16O2. The normalized spacial score (nSPS) is 41.7. The largest absolute Gasteiger partial charge is 0.390 e. The first-order valence-corrected chi connectivity index (χ1v) is 4.09. The van der Waals surface area contributed by atoms with Crippen molar-refractivity contribution >= 4 is 0 Å². The third kappa shape index (κ3) is 1.32. The second-order valence-electron chi connectivity index (χ2n) is 3.22. The molecule has 0 heterocycles. The summed E-state index contributed by atoms with van der Waals surface area (Å²) in [6.07, 6.45) is 3.85. The lowest BCUT2D eigenvalue weighted by molar-refractivity contribution is -0.101.